The molecule has 10 heteroatoms. The average Bonchev–Trinajstić information content (AvgIpc) is 3.50. The molecule has 1 N–H and O–H groups in total. The maximum absolute atomic E-state index is 15.3. The van der Waals surface area contributed by atoms with Gasteiger partial charge in [-0.2, -0.15) is 0 Å². The van der Waals surface area contributed by atoms with E-state index in [1.807, 2.05) is 30.5 Å². The van der Waals surface area contributed by atoms with Crippen molar-refractivity contribution in [3.63, 3.8) is 0 Å². The largest absolute Gasteiger partial charge is 0.447 e. The molecule has 1 aromatic carbocycles. The zero-order valence-electron chi connectivity index (χ0n) is 20.2. The zero-order valence-corrected chi connectivity index (χ0v) is 21.2. The standard InChI is InChI=1S/C24H35FN4O4Si/c1-17-21(9-6-18-4-7-20(8-5-18)29-13-15-32-24(29)31)33-22(23(17)34(2,3)25)10-12-28-16-19(11-14-30)26-27-28/h4-5,7-8,16-17,21-23,30H,6,9-15H2,1-3H3/t17-,21+,22-,23+/m1/s1. The van der Waals surface area contributed by atoms with Gasteiger partial charge in [0.2, 0.25) is 8.41 Å². The summed E-state index contributed by atoms with van der Waals surface area (Å²) >= 11 is 0. The fourth-order valence-electron chi connectivity index (χ4n) is 5.36. The number of aromatic nitrogens is 3. The lowest BCUT2D eigenvalue weighted by atomic mass is 9.95. The fourth-order valence-corrected chi connectivity index (χ4v) is 7.96. The smallest absolute Gasteiger partial charge is 0.414 e. The second kappa shape index (κ2) is 10.5. The molecule has 2 aromatic rings. The first kappa shape index (κ1) is 24.8. The van der Waals surface area contributed by atoms with E-state index in [-0.39, 0.29) is 36.4 Å². The first-order valence-electron chi connectivity index (χ1n) is 12.1. The van der Waals surface area contributed by atoms with Crippen LogP contribution in [0.1, 0.15) is 31.0 Å². The summed E-state index contributed by atoms with van der Waals surface area (Å²) in [4.78, 5) is 13.4. The Labute approximate surface area is 201 Å². The van der Waals surface area contributed by atoms with Gasteiger partial charge in [0.15, 0.2) is 0 Å². The summed E-state index contributed by atoms with van der Waals surface area (Å²) in [6, 6.07) is 7.98. The topological polar surface area (TPSA) is 89.7 Å². The molecule has 1 amide bonds. The number of amides is 1. The van der Waals surface area contributed by atoms with Crippen molar-refractivity contribution in [2.75, 3.05) is 24.7 Å². The van der Waals surface area contributed by atoms with Crippen LogP contribution in [0.3, 0.4) is 0 Å². The molecule has 0 spiro atoms. The van der Waals surface area contributed by atoms with E-state index in [1.165, 1.54) is 5.56 Å². The average molecular weight is 491 g/mol. The third-order valence-corrected chi connectivity index (χ3v) is 9.50. The number of carbonyl (C=O) groups is 1. The predicted octanol–water partition coefficient (Wildman–Crippen LogP) is 3.74. The van der Waals surface area contributed by atoms with Gasteiger partial charge >= 0.3 is 6.09 Å². The molecule has 4 rings (SSSR count). The van der Waals surface area contributed by atoms with E-state index in [9.17, 15) is 4.79 Å². The van der Waals surface area contributed by atoms with Gasteiger partial charge in [-0.3, -0.25) is 9.58 Å². The van der Waals surface area contributed by atoms with Crippen LogP contribution in [-0.2, 0) is 28.9 Å². The highest BCUT2D eigenvalue weighted by molar-refractivity contribution is 6.72. The van der Waals surface area contributed by atoms with Crippen LogP contribution in [0.5, 0.6) is 0 Å². The number of halogens is 1. The van der Waals surface area contributed by atoms with Gasteiger partial charge in [0, 0.05) is 37.0 Å². The van der Waals surface area contributed by atoms with E-state index in [1.54, 1.807) is 22.7 Å². The number of ether oxygens (including phenoxy) is 2. The summed E-state index contributed by atoms with van der Waals surface area (Å²) < 4.78 is 28.6. The Hall–Kier alpha value is -2.30. The molecular weight excluding hydrogens is 455 g/mol. The number of benzene rings is 1. The normalized spacial score (nSPS) is 25.2. The van der Waals surface area contributed by atoms with Crippen molar-refractivity contribution in [1.29, 1.82) is 0 Å². The van der Waals surface area contributed by atoms with E-state index in [0.717, 1.165) is 24.2 Å². The molecule has 2 aliphatic rings. The van der Waals surface area contributed by atoms with Crippen LogP contribution in [0, 0.1) is 5.92 Å². The monoisotopic (exact) mass is 490 g/mol. The lowest BCUT2D eigenvalue weighted by Gasteiger charge is -2.28. The zero-order chi connectivity index (χ0) is 24.3. The Balaban J connectivity index is 1.35. The fraction of sp³-hybridized carbons (Fsp3) is 0.625. The second-order valence-corrected chi connectivity index (χ2v) is 13.7. The molecule has 2 saturated heterocycles. The molecule has 1 aromatic heterocycles. The first-order valence-corrected chi connectivity index (χ1v) is 15.1. The summed E-state index contributed by atoms with van der Waals surface area (Å²) in [5, 5.41) is 17.3. The summed E-state index contributed by atoms with van der Waals surface area (Å²) in [5.74, 6) is 0.149. The minimum absolute atomic E-state index is 0.00598. The van der Waals surface area contributed by atoms with Crippen molar-refractivity contribution in [3.8, 4) is 0 Å². The van der Waals surface area contributed by atoms with Crippen LogP contribution < -0.4 is 4.90 Å². The van der Waals surface area contributed by atoms with Crippen molar-refractivity contribution in [2.45, 2.75) is 70.0 Å². The number of nitrogens with zero attached hydrogens (tertiary/aromatic N) is 4. The molecule has 8 nitrogen and oxygen atoms in total. The number of rotatable bonds is 10. The first-order chi connectivity index (χ1) is 16.3. The van der Waals surface area contributed by atoms with Crippen LogP contribution in [-0.4, -0.2) is 66.6 Å². The van der Waals surface area contributed by atoms with Crippen LogP contribution in [0.4, 0.5) is 14.6 Å². The number of aryl methyl sites for hydroxylation is 2. The SMILES string of the molecule is C[C@H]1[C@H]([Si](C)(C)F)[C@@H](CCn2cc(CCO)nn2)O[C@H]1CCc1ccc(N2CCOC2=O)cc1. The highest BCUT2D eigenvalue weighted by Crippen LogP contribution is 2.47. The van der Waals surface area contributed by atoms with Gasteiger partial charge in [0.05, 0.1) is 24.4 Å². The van der Waals surface area contributed by atoms with Crippen molar-refractivity contribution >= 4 is 20.2 Å². The Bertz CT molecular complexity index is 965. The maximum Gasteiger partial charge on any atom is 0.414 e. The van der Waals surface area contributed by atoms with Crippen LogP contribution in [0.25, 0.3) is 0 Å². The molecule has 2 aliphatic heterocycles. The molecule has 3 heterocycles. The van der Waals surface area contributed by atoms with Crippen molar-refractivity contribution in [2.24, 2.45) is 5.92 Å². The Morgan fingerprint density at radius 1 is 1.18 bits per heavy atom. The highest BCUT2D eigenvalue weighted by atomic mass is 28.4. The number of carbonyl (C=O) groups excluding carboxylic acids is 1. The number of anilines is 1. The summed E-state index contributed by atoms with van der Waals surface area (Å²) in [6.07, 6.45) is 4.24. The lowest BCUT2D eigenvalue weighted by Crippen LogP contribution is -2.36. The summed E-state index contributed by atoms with van der Waals surface area (Å²) in [6.45, 7) is 7.35. The molecular formula is C24H35FN4O4Si. The van der Waals surface area contributed by atoms with Gasteiger partial charge in [-0.15, -0.1) is 5.10 Å². The number of aliphatic hydroxyl groups excluding tert-OH is 1. The van der Waals surface area contributed by atoms with Gasteiger partial charge in [-0.25, -0.2) is 4.79 Å². The molecule has 4 atom stereocenters. The lowest BCUT2D eigenvalue weighted by molar-refractivity contribution is 0.0247. The van der Waals surface area contributed by atoms with Gasteiger partial charge < -0.3 is 18.7 Å². The number of cyclic esters (lactones) is 1. The Morgan fingerprint density at radius 2 is 1.94 bits per heavy atom. The van der Waals surface area contributed by atoms with Crippen LogP contribution in [0.15, 0.2) is 30.5 Å². The summed E-state index contributed by atoms with van der Waals surface area (Å²) in [5.41, 5.74) is 2.70. The molecule has 0 radical (unpaired) electrons. The second-order valence-electron chi connectivity index (χ2n) is 9.87. The van der Waals surface area contributed by atoms with E-state index >= 15 is 4.11 Å². The molecule has 0 saturated carbocycles. The summed E-state index contributed by atoms with van der Waals surface area (Å²) in [7, 11) is -2.93. The molecule has 0 bridgehead atoms. The van der Waals surface area contributed by atoms with E-state index in [4.69, 9.17) is 14.6 Å². The van der Waals surface area contributed by atoms with Crippen molar-refractivity contribution in [1.82, 2.24) is 15.0 Å². The third kappa shape index (κ3) is 5.67. The Morgan fingerprint density at radius 3 is 2.59 bits per heavy atom. The molecule has 186 valence electrons. The van der Waals surface area contributed by atoms with Gasteiger partial charge in [0.1, 0.15) is 6.61 Å². The predicted molar refractivity (Wildman–Crippen MR) is 129 cm³/mol. The number of hydrogen-bond donors (Lipinski definition) is 1. The molecule has 2 fully saturated rings. The molecule has 0 unspecified atom stereocenters. The highest BCUT2D eigenvalue weighted by Gasteiger charge is 2.50. The quantitative estimate of drug-likeness (QED) is 0.403. The maximum atomic E-state index is 15.3. The molecule has 0 aliphatic carbocycles. The minimum Gasteiger partial charge on any atom is -0.447 e. The van der Waals surface area contributed by atoms with Crippen molar-refractivity contribution < 1.29 is 23.5 Å². The van der Waals surface area contributed by atoms with Crippen molar-refractivity contribution in [3.05, 3.63) is 41.7 Å². The van der Waals surface area contributed by atoms with Gasteiger partial charge in [-0.1, -0.05) is 24.3 Å². The minimum atomic E-state index is -2.93. The Kier molecular flexibility index (Phi) is 7.69. The third-order valence-electron chi connectivity index (χ3n) is 7.02. The van der Waals surface area contributed by atoms with Crippen LogP contribution in [0.2, 0.25) is 18.6 Å². The van der Waals surface area contributed by atoms with E-state index < -0.39 is 8.41 Å². The van der Waals surface area contributed by atoms with E-state index in [0.29, 0.717) is 32.5 Å². The van der Waals surface area contributed by atoms with Crippen LogP contribution >= 0.6 is 0 Å². The van der Waals surface area contributed by atoms with Gasteiger partial charge in [0.25, 0.3) is 0 Å². The van der Waals surface area contributed by atoms with E-state index in [2.05, 4.69) is 17.2 Å². The number of hydrogen-bond acceptors (Lipinski definition) is 6. The molecule has 34 heavy (non-hydrogen) atoms. The van der Waals surface area contributed by atoms with Gasteiger partial charge in [-0.05, 0) is 56.0 Å². The number of aliphatic hydroxyl groups is 1.